The molecular weight excluding hydrogens is 478 g/mol. The van der Waals surface area contributed by atoms with Gasteiger partial charge in [-0.3, -0.25) is 0 Å². The van der Waals surface area contributed by atoms with E-state index in [2.05, 4.69) is 24.9 Å². The number of fused-ring (bicyclic) bond motifs is 2. The highest BCUT2D eigenvalue weighted by molar-refractivity contribution is 8.03. The Bertz CT molecular complexity index is 1460. The lowest BCUT2D eigenvalue weighted by molar-refractivity contribution is -0.148. The van der Waals surface area contributed by atoms with Crippen LogP contribution >= 0.6 is 34.9 Å². The van der Waals surface area contributed by atoms with Crippen LogP contribution in [0.5, 0.6) is 0 Å². The third-order valence-electron chi connectivity index (χ3n) is 5.17. The summed E-state index contributed by atoms with van der Waals surface area (Å²) in [5.74, 6) is -0.937. The number of rotatable bonds is 6. The number of imidazole rings is 2. The van der Waals surface area contributed by atoms with Gasteiger partial charge in [0.25, 0.3) is 0 Å². The number of thiazole rings is 1. The Morgan fingerprint density at radius 3 is 2.33 bits per heavy atom. The van der Waals surface area contributed by atoms with E-state index >= 15 is 0 Å². The van der Waals surface area contributed by atoms with Crippen molar-refractivity contribution in [2.45, 2.75) is 15.9 Å². The Morgan fingerprint density at radius 2 is 1.67 bits per heavy atom. The van der Waals surface area contributed by atoms with Gasteiger partial charge in [0.05, 0.1) is 32.7 Å². The van der Waals surface area contributed by atoms with Gasteiger partial charge in [0.2, 0.25) is 11.4 Å². The van der Waals surface area contributed by atoms with E-state index in [1.54, 1.807) is 6.20 Å². The SMILES string of the molecule is O=C1OC(CSc2nc3ccccc3[nH]2)(c2nccs2)C(Sc2nc3ccccc3[nH]2)=C1O. The molecule has 1 atom stereocenters. The molecule has 0 bridgehead atoms. The number of para-hydroxylation sites is 4. The average Bonchev–Trinajstić information content (AvgIpc) is 3.60. The first-order valence-electron chi connectivity index (χ1n) is 9.89. The Morgan fingerprint density at radius 1 is 1.00 bits per heavy atom. The van der Waals surface area contributed by atoms with Crippen LogP contribution in [0.15, 0.2) is 81.1 Å². The first kappa shape index (κ1) is 20.3. The molecule has 0 saturated heterocycles. The molecule has 3 aromatic heterocycles. The summed E-state index contributed by atoms with van der Waals surface area (Å²) in [4.78, 5) is 33.1. The normalized spacial score (nSPS) is 18.5. The predicted octanol–water partition coefficient (Wildman–Crippen LogP) is 5.00. The van der Waals surface area contributed by atoms with E-state index in [0.717, 1.165) is 22.1 Å². The van der Waals surface area contributed by atoms with Crippen molar-refractivity contribution in [2.24, 2.45) is 0 Å². The molecule has 0 amide bonds. The number of thioether (sulfide) groups is 2. The number of carbonyl (C=O) groups excluding carboxylic acids is 1. The van der Waals surface area contributed by atoms with Gasteiger partial charge in [-0.1, -0.05) is 36.0 Å². The number of aromatic amines is 2. The van der Waals surface area contributed by atoms with Crippen LogP contribution in [-0.4, -0.2) is 41.7 Å². The van der Waals surface area contributed by atoms with Crippen LogP contribution in [0.1, 0.15) is 5.01 Å². The number of aliphatic hydroxyl groups is 1. The van der Waals surface area contributed by atoms with Crippen LogP contribution < -0.4 is 0 Å². The number of cyclic esters (lactones) is 1. The summed E-state index contributed by atoms with van der Waals surface area (Å²) in [6.07, 6.45) is 1.65. The van der Waals surface area contributed by atoms with Gasteiger partial charge < -0.3 is 19.8 Å². The first-order chi connectivity index (χ1) is 16.1. The summed E-state index contributed by atoms with van der Waals surface area (Å²) in [6.45, 7) is 0. The summed E-state index contributed by atoms with van der Waals surface area (Å²) >= 11 is 3.93. The topological polar surface area (TPSA) is 117 Å². The van der Waals surface area contributed by atoms with Crippen molar-refractivity contribution in [2.75, 3.05) is 5.75 Å². The van der Waals surface area contributed by atoms with Gasteiger partial charge in [-0.2, -0.15) is 0 Å². The second-order valence-corrected chi connectivity index (χ2v) is 10.1. The van der Waals surface area contributed by atoms with Crippen molar-refractivity contribution >= 4 is 62.9 Å². The number of nitrogens with one attached hydrogen (secondary N) is 2. The zero-order valence-corrected chi connectivity index (χ0v) is 19.3. The van der Waals surface area contributed by atoms with Crippen LogP contribution in [0.4, 0.5) is 0 Å². The third kappa shape index (κ3) is 3.48. The number of ether oxygens (including phenoxy) is 1. The fraction of sp³-hybridized carbons (Fsp3) is 0.0909. The molecule has 0 radical (unpaired) electrons. The van der Waals surface area contributed by atoms with Crippen molar-refractivity contribution in [3.8, 4) is 0 Å². The van der Waals surface area contributed by atoms with Crippen LogP contribution in [0, 0.1) is 0 Å². The molecule has 8 nitrogen and oxygen atoms in total. The van der Waals surface area contributed by atoms with E-state index in [4.69, 9.17) is 4.74 Å². The van der Waals surface area contributed by atoms with Gasteiger partial charge in [0.15, 0.2) is 10.3 Å². The fourth-order valence-corrected chi connectivity index (χ4v) is 6.73. The molecule has 0 spiro atoms. The molecule has 0 fully saturated rings. The highest BCUT2D eigenvalue weighted by Gasteiger charge is 2.52. The summed E-state index contributed by atoms with van der Waals surface area (Å²) in [7, 11) is 0. The number of carbonyl (C=O) groups is 1. The van der Waals surface area contributed by atoms with Gasteiger partial charge in [0.1, 0.15) is 5.01 Å². The molecule has 2 aromatic carbocycles. The third-order valence-corrected chi connectivity index (χ3v) is 8.21. The number of hydrogen-bond acceptors (Lipinski definition) is 9. The summed E-state index contributed by atoms with van der Waals surface area (Å²) in [6, 6.07) is 15.4. The number of H-pyrrole nitrogens is 2. The lowest BCUT2D eigenvalue weighted by atomic mass is 10.1. The fourth-order valence-electron chi connectivity index (χ4n) is 3.63. The zero-order valence-electron chi connectivity index (χ0n) is 16.8. The van der Waals surface area contributed by atoms with Gasteiger partial charge in [-0.15, -0.1) is 11.3 Å². The lowest BCUT2D eigenvalue weighted by Gasteiger charge is -2.27. The van der Waals surface area contributed by atoms with E-state index in [1.807, 2.05) is 53.9 Å². The van der Waals surface area contributed by atoms with Crippen molar-refractivity contribution in [1.82, 2.24) is 24.9 Å². The average molecular weight is 494 g/mol. The number of nitrogens with zero attached hydrogens (tertiary/aromatic N) is 3. The van der Waals surface area contributed by atoms with Crippen LogP contribution in [-0.2, 0) is 15.1 Å². The highest BCUT2D eigenvalue weighted by Crippen LogP contribution is 2.51. The van der Waals surface area contributed by atoms with Crippen LogP contribution in [0.25, 0.3) is 22.1 Å². The molecular formula is C22H15N5O3S3. The lowest BCUT2D eigenvalue weighted by Crippen LogP contribution is -2.31. The molecule has 6 rings (SSSR count). The van der Waals surface area contributed by atoms with Crippen molar-refractivity contribution in [3.63, 3.8) is 0 Å². The van der Waals surface area contributed by atoms with Gasteiger partial charge in [-0.05, 0) is 36.0 Å². The minimum Gasteiger partial charge on any atom is -0.501 e. The molecule has 3 N–H and O–H groups in total. The Kier molecular flexibility index (Phi) is 4.89. The monoisotopic (exact) mass is 493 g/mol. The molecule has 1 unspecified atom stereocenters. The number of hydrogen-bond donors (Lipinski definition) is 3. The minimum absolute atomic E-state index is 0.276. The molecule has 0 aliphatic carbocycles. The molecule has 1 aliphatic heterocycles. The van der Waals surface area contributed by atoms with E-state index < -0.39 is 17.3 Å². The molecule has 164 valence electrons. The van der Waals surface area contributed by atoms with E-state index in [0.29, 0.717) is 20.2 Å². The summed E-state index contributed by atoms with van der Waals surface area (Å²) in [5, 5.41) is 14.3. The maximum atomic E-state index is 12.6. The smallest absolute Gasteiger partial charge is 0.375 e. The second-order valence-electron chi connectivity index (χ2n) is 7.24. The van der Waals surface area contributed by atoms with Gasteiger partial charge in [0, 0.05) is 11.6 Å². The van der Waals surface area contributed by atoms with E-state index in [-0.39, 0.29) is 5.75 Å². The van der Waals surface area contributed by atoms with Crippen molar-refractivity contribution in [3.05, 3.63) is 75.8 Å². The molecule has 1 aliphatic rings. The highest BCUT2D eigenvalue weighted by atomic mass is 32.2. The molecule has 11 heteroatoms. The Hall–Kier alpha value is -3.28. The number of aliphatic hydroxyl groups excluding tert-OH is 1. The minimum atomic E-state index is -1.26. The number of benzene rings is 2. The first-order valence-corrected chi connectivity index (χ1v) is 12.6. The maximum absolute atomic E-state index is 12.6. The molecule has 0 saturated carbocycles. The Labute approximate surface area is 199 Å². The molecule has 5 aromatic rings. The summed E-state index contributed by atoms with van der Waals surface area (Å²) < 4.78 is 5.82. The number of aromatic nitrogens is 5. The van der Waals surface area contributed by atoms with E-state index in [9.17, 15) is 9.90 Å². The molecule has 33 heavy (non-hydrogen) atoms. The zero-order chi connectivity index (χ0) is 22.4. The largest absolute Gasteiger partial charge is 0.501 e. The van der Waals surface area contributed by atoms with Crippen molar-refractivity contribution in [1.29, 1.82) is 0 Å². The molecule has 4 heterocycles. The predicted molar refractivity (Wildman–Crippen MR) is 128 cm³/mol. The standard InChI is InChI=1S/C22H15N5O3S3/c28-16-17(33-21-26-14-7-3-4-8-15(14)27-21)22(30-18(16)29,19-23-9-10-31-19)11-32-20-24-12-5-1-2-6-13(12)25-20/h1-10,28H,11H2,(H,24,25)(H,26,27). The second kappa shape index (κ2) is 7.94. The quantitative estimate of drug-likeness (QED) is 0.223. The number of esters is 1. The van der Waals surface area contributed by atoms with Crippen LogP contribution in [0.2, 0.25) is 0 Å². The van der Waals surface area contributed by atoms with Gasteiger partial charge >= 0.3 is 5.97 Å². The van der Waals surface area contributed by atoms with E-state index in [1.165, 1.54) is 34.9 Å². The van der Waals surface area contributed by atoms with Crippen molar-refractivity contribution < 1.29 is 14.6 Å². The summed E-state index contributed by atoms with van der Waals surface area (Å²) in [5.41, 5.74) is 2.16. The van der Waals surface area contributed by atoms with Crippen LogP contribution in [0.3, 0.4) is 0 Å². The Balaban J connectivity index is 1.39. The van der Waals surface area contributed by atoms with Gasteiger partial charge in [-0.25, -0.2) is 19.7 Å². The maximum Gasteiger partial charge on any atom is 0.375 e.